The van der Waals surface area contributed by atoms with Gasteiger partial charge >= 0.3 is 5.69 Å². The molecule has 1 aromatic heterocycles. The van der Waals surface area contributed by atoms with Gasteiger partial charge in [0.15, 0.2) is 5.78 Å². The molecule has 0 saturated heterocycles. The molecule has 0 unspecified atom stereocenters. The van der Waals surface area contributed by atoms with Crippen LogP contribution in [0.1, 0.15) is 31.1 Å². The Balaban J connectivity index is 2.52. The molecule has 110 valence electrons. The number of Topliss-reactive ketones (excluding diaryl/α,β-unsaturated/α-hetero) is 1. The van der Waals surface area contributed by atoms with Gasteiger partial charge in [-0.25, -0.2) is 9.36 Å². The third kappa shape index (κ3) is 3.10. The summed E-state index contributed by atoms with van der Waals surface area (Å²) in [5, 5.41) is 0. The van der Waals surface area contributed by atoms with E-state index in [1.807, 2.05) is 13.8 Å². The summed E-state index contributed by atoms with van der Waals surface area (Å²) in [6, 6.07) is 6.53. The van der Waals surface area contributed by atoms with Gasteiger partial charge in [0.05, 0.1) is 17.4 Å². The molecule has 0 radical (unpaired) electrons. The van der Waals surface area contributed by atoms with E-state index in [2.05, 4.69) is 4.98 Å². The third-order valence-electron chi connectivity index (χ3n) is 2.82. The van der Waals surface area contributed by atoms with Crippen molar-refractivity contribution in [3.05, 3.63) is 56.9 Å². The topological polar surface area (TPSA) is 81.2 Å². The van der Waals surface area contributed by atoms with Gasteiger partial charge in [0.25, 0.3) is 5.56 Å². The first-order chi connectivity index (χ1) is 9.90. The molecular weight excluding hydrogens is 272 g/mol. The number of ketones is 1. The molecule has 2 aromatic rings. The second kappa shape index (κ2) is 5.78. The molecule has 6 nitrogen and oxygen atoms in total. The third-order valence-corrected chi connectivity index (χ3v) is 2.82. The van der Waals surface area contributed by atoms with Crippen LogP contribution in [-0.2, 0) is 0 Å². The van der Waals surface area contributed by atoms with E-state index >= 15 is 0 Å². The maximum atomic E-state index is 12.2. The van der Waals surface area contributed by atoms with Crippen molar-refractivity contribution >= 4 is 5.78 Å². The molecule has 0 aliphatic carbocycles. The maximum Gasteiger partial charge on any atom is 0.333 e. The minimum Gasteiger partial charge on any atom is -0.491 e. The molecule has 0 fully saturated rings. The van der Waals surface area contributed by atoms with Crippen LogP contribution in [0.15, 0.2) is 40.1 Å². The van der Waals surface area contributed by atoms with Gasteiger partial charge in [-0.3, -0.25) is 9.59 Å². The first-order valence-corrected chi connectivity index (χ1v) is 6.53. The van der Waals surface area contributed by atoms with Crippen molar-refractivity contribution in [1.29, 1.82) is 0 Å². The Bertz CT molecular complexity index is 769. The highest BCUT2D eigenvalue weighted by atomic mass is 16.5. The van der Waals surface area contributed by atoms with E-state index in [1.165, 1.54) is 6.92 Å². The molecule has 6 heteroatoms. The van der Waals surface area contributed by atoms with Crippen LogP contribution in [0.25, 0.3) is 5.69 Å². The molecular formula is C15H16N2O4. The highest BCUT2D eigenvalue weighted by Gasteiger charge is 2.12. The molecule has 0 bridgehead atoms. The van der Waals surface area contributed by atoms with Crippen LogP contribution in [0, 0.1) is 0 Å². The van der Waals surface area contributed by atoms with Gasteiger partial charge in [-0.15, -0.1) is 0 Å². The molecule has 0 aliphatic heterocycles. The van der Waals surface area contributed by atoms with Crippen molar-refractivity contribution < 1.29 is 9.53 Å². The minimum absolute atomic E-state index is 0.0306. The summed E-state index contributed by atoms with van der Waals surface area (Å²) >= 11 is 0. The SMILES string of the molecule is CC(=O)c1c[nH]c(=O)n(-c2ccc(OC(C)C)cc2)c1=O. The largest absolute Gasteiger partial charge is 0.491 e. The van der Waals surface area contributed by atoms with E-state index in [9.17, 15) is 14.4 Å². The first-order valence-electron chi connectivity index (χ1n) is 6.53. The molecule has 1 N–H and O–H groups in total. The summed E-state index contributed by atoms with van der Waals surface area (Å²) in [5.41, 5.74) is -0.913. The Morgan fingerprint density at radius 1 is 1.19 bits per heavy atom. The van der Waals surface area contributed by atoms with Crippen LogP contribution in [-0.4, -0.2) is 21.4 Å². The number of H-pyrrole nitrogens is 1. The number of ether oxygens (including phenoxy) is 1. The van der Waals surface area contributed by atoms with Crippen molar-refractivity contribution in [1.82, 2.24) is 9.55 Å². The normalized spacial score (nSPS) is 10.7. The zero-order valence-corrected chi connectivity index (χ0v) is 12.0. The van der Waals surface area contributed by atoms with Crippen LogP contribution in [0.5, 0.6) is 5.75 Å². The van der Waals surface area contributed by atoms with E-state index in [4.69, 9.17) is 4.74 Å². The van der Waals surface area contributed by atoms with Crippen molar-refractivity contribution in [2.45, 2.75) is 26.9 Å². The number of nitrogens with zero attached hydrogens (tertiary/aromatic N) is 1. The Morgan fingerprint density at radius 2 is 1.81 bits per heavy atom. The number of aromatic amines is 1. The molecule has 1 heterocycles. The minimum atomic E-state index is -0.635. The fourth-order valence-corrected chi connectivity index (χ4v) is 1.91. The molecule has 0 saturated carbocycles. The highest BCUT2D eigenvalue weighted by Crippen LogP contribution is 2.14. The van der Waals surface area contributed by atoms with Crippen LogP contribution >= 0.6 is 0 Å². The number of rotatable bonds is 4. The summed E-state index contributed by atoms with van der Waals surface area (Å²) in [6.07, 6.45) is 1.17. The van der Waals surface area contributed by atoms with Crippen LogP contribution in [0.2, 0.25) is 0 Å². The number of hydrogen-bond acceptors (Lipinski definition) is 4. The molecule has 0 spiro atoms. The van der Waals surface area contributed by atoms with Crippen LogP contribution in [0.3, 0.4) is 0 Å². The second-order valence-corrected chi connectivity index (χ2v) is 4.86. The number of aromatic nitrogens is 2. The van der Waals surface area contributed by atoms with E-state index in [1.54, 1.807) is 24.3 Å². The van der Waals surface area contributed by atoms with Gasteiger partial charge in [0, 0.05) is 6.20 Å². The van der Waals surface area contributed by atoms with E-state index < -0.39 is 17.0 Å². The lowest BCUT2D eigenvalue weighted by atomic mass is 10.2. The van der Waals surface area contributed by atoms with Gasteiger partial charge in [0.1, 0.15) is 5.75 Å². The molecule has 21 heavy (non-hydrogen) atoms. The highest BCUT2D eigenvalue weighted by molar-refractivity contribution is 5.93. The number of hydrogen-bond donors (Lipinski definition) is 1. The average molecular weight is 288 g/mol. The fourth-order valence-electron chi connectivity index (χ4n) is 1.91. The quantitative estimate of drug-likeness (QED) is 0.865. The van der Waals surface area contributed by atoms with Gasteiger partial charge in [-0.1, -0.05) is 0 Å². The van der Waals surface area contributed by atoms with Crippen LogP contribution < -0.4 is 16.0 Å². The Morgan fingerprint density at radius 3 is 2.33 bits per heavy atom. The zero-order valence-electron chi connectivity index (χ0n) is 12.0. The molecule has 1 aromatic carbocycles. The van der Waals surface area contributed by atoms with E-state index in [0.29, 0.717) is 11.4 Å². The molecule has 2 rings (SSSR count). The van der Waals surface area contributed by atoms with Gasteiger partial charge in [-0.2, -0.15) is 0 Å². The van der Waals surface area contributed by atoms with Crippen molar-refractivity contribution in [2.24, 2.45) is 0 Å². The van der Waals surface area contributed by atoms with Crippen molar-refractivity contribution in [3.8, 4) is 11.4 Å². The lowest BCUT2D eigenvalue weighted by molar-refractivity contribution is 0.101. The van der Waals surface area contributed by atoms with Crippen molar-refractivity contribution in [2.75, 3.05) is 0 Å². The first kappa shape index (κ1) is 14.8. The van der Waals surface area contributed by atoms with Crippen molar-refractivity contribution in [3.63, 3.8) is 0 Å². The van der Waals surface area contributed by atoms with Crippen LogP contribution in [0.4, 0.5) is 0 Å². The lowest BCUT2D eigenvalue weighted by Crippen LogP contribution is -2.36. The standard InChI is InChI=1S/C15H16N2O4/c1-9(2)21-12-6-4-11(5-7-12)17-14(19)13(10(3)18)8-16-15(17)20/h4-9H,1-3H3,(H,16,20). The summed E-state index contributed by atoms with van der Waals surface area (Å²) in [4.78, 5) is 37.8. The van der Waals surface area contributed by atoms with Gasteiger partial charge in [0.2, 0.25) is 0 Å². The maximum absolute atomic E-state index is 12.2. The van der Waals surface area contributed by atoms with E-state index in [0.717, 1.165) is 10.8 Å². The smallest absolute Gasteiger partial charge is 0.333 e. The molecule has 0 amide bonds. The van der Waals surface area contributed by atoms with Gasteiger partial charge in [-0.05, 0) is 45.0 Å². The lowest BCUT2D eigenvalue weighted by Gasteiger charge is -2.10. The summed E-state index contributed by atoms with van der Waals surface area (Å²) in [6.45, 7) is 5.08. The summed E-state index contributed by atoms with van der Waals surface area (Å²) in [5.74, 6) is 0.241. The number of benzene rings is 1. The fraction of sp³-hybridized carbons (Fsp3) is 0.267. The van der Waals surface area contributed by atoms with Gasteiger partial charge < -0.3 is 9.72 Å². The zero-order chi connectivity index (χ0) is 15.6. The summed E-state index contributed by atoms with van der Waals surface area (Å²) < 4.78 is 6.43. The molecule has 0 atom stereocenters. The number of carbonyl (C=O) groups excluding carboxylic acids is 1. The monoisotopic (exact) mass is 288 g/mol. The predicted molar refractivity (Wildman–Crippen MR) is 78.4 cm³/mol. The average Bonchev–Trinajstić information content (AvgIpc) is 2.39. The number of carbonyl (C=O) groups is 1. The predicted octanol–water partition coefficient (Wildman–Crippen LogP) is 1.52. The molecule has 0 aliphatic rings. The Kier molecular flexibility index (Phi) is 4.07. The second-order valence-electron chi connectivity index (χ2n) is 4.86. The summed E-state index contributed by atoms with van der Waals surface area (Å²) in [7, 11) is 0. The Hall–Kier alpha value is -2.63. The number of nitrogens with one attached hydrogen (secondary N) is 1. The Labute approximate surface area is 121 Å². The van der Waals surface area contributed by atoms with E-state index in [-0.39, 0.29) is 11.7 Å².